The molecule has 0 radical (unpaired) electrons. The van der Waals surface area contributed by atoms with E-state index in [9.17, 15) is 43.2 Å². The summed E-state index contributed by atoms with van der Waals surface area (Å²) in [5.74, 6) is -4.18. The van der Waals surface area contributed by atoms with Crippen LogP contribution in [0.5, 0.6) is 0 Å². The summed E-state index contributed by atoms with van der Waals surface area (Å²) in [6, 6.07) is 0. The van der Waals surface area contributed by atoms with Crippen LogP contribution in [0, 0.1) is 11.8 Å². The van der Waals surface area contributed by atoms with Crippen LogP contribution in [0.3, 0.4) is 0 Å². The largest absolute Gasteiger partial charge is 0.408 e. The van der Waals surface area contributed by atoms with Crippen LogP contribution >= 0.6 is 0 Å². The normalized spacial score (nSPS) is 19.9. The van der Waals surface area contributed by atoms with E-state index < -0.39 is 61.3 Å². The molecule has 140 valence electrons. The molecule has 14 heteroatoms. The lowest BCUT2D eigenvalue weighted by atomic mass is 9.91. The zero-order valence-electron chi connectivity index (χ0n) is 11.6. The Morgan fingerprint density at radius 2 is 0.957 bits per heavy atom. The standard InChI is InChI=1S/C9H14F6O6S2/c1-4(6(8(10,11)12)22(16,17)18)3-5(2)7(9(13,14)15)23(19,20)21/h4-7H,3H2,1-2H3,(H,16,17,18)(H,19,20,21). The summed E-state index contributed by atoms with van der Waals surface area (Å²) in [6.45, 7) is 1.19. The third-order valence-electron chi connectivity index (χ3n) is 3.06. The van der Waals surface area contributed by atoms with E-state index in [2.05, 4.69) is 0 Å². The van der Waals surface area contributed by atoms with Crippen LogP contribution in [0.15, 0.2) is 0 Å². The zero-order valence-corrected chi connectivity index (χ0v) is 13.3. The summed E-state index contributed by atoms with van der Waals surface area (Å²) in [6.07, 6.45) is -12.1. The molecule has 0 saturated heterocycles. The number of rotatable bonds is 6. The zero-order chi connectivity index (χ0) is 19.0. The van der Waals surface area contributed by atoms with Gasteiger partial charge in [-0.05, 0) is 18.3 Å². The third-order valence-corrected chi connectivity index (χ3v) is 5.81. The molecule has 0 saturated carbocycles. The summed E-state index contributed by atoms with van der Waals surface area (Å²) in [5.41, 5.74) is 0. The Morgan fingerprint density at radius 3 is 1.09 bits per heavy atom. The quantitative estimate of drug-likeness (QED) is 0.527. The van der Waals surface area contributed by atoms with Crippen LogP contribution in [-0.4, -0.2) is 48.8 Å². The fraction of sp³-hybridized carbons (Fsp3) is 1.00. The Morgan fingerprint density at radius 1 is 0.739 bits per heavy atom. The van der Waals surface area contributed by atoms with Crippen LogP contribution < -0.4 is 0 Å². The van der Waals surface area contributed by atoms with E-state index in [4.69, 9.17) is 9.11 Å². The van der Waals surface area contributed by atoms with Crippen molar-refractivity contribution < 1.29 is 52.3 Å². The Labute approximate surface area is 128 Å². The molecular weight excluding hydrogens is 382 g/mol. The van der Waals surface area contributed by atoms with E-state index in [1.807, 2.05) is 0 Å². The van der Waals surface area contributed by atoms with Gasteiger partial charge in [0, 0.05) is 0 Å². The lowest BCUT2D eigenvalue weighted by Crippen LogP contribution is -2.45. The second kappa shape index (κ2) is 6.72. The van der Waals surface area contributed by atoms with E-state index in [1.54, 1.807) is 0 Å². The van der Waals surface area contributed by atoms with E-state index in [0.717, 1.165) is 0 Å². The SMILES string of the molecule is CC(CC(C)C(C(F)(F)F)S(=O)(=O)O)C(C(F)(F)F)S(=O)(=O)O. The van der Waals surface area contributed by atoms with Crippen molar-refractivity contribution in [3.63, 3.8) is 0 Å². The van der Waals surface area contributed by atoms with Crippen molar-refractivity contribution in [1.29, 1.82) is 0 Å². The predicted octanol–water partition coefficient (Wildman–Crippen LogP) is 2.29. The highest BCUT2D eigenvalue weighted by molar-refractivity contribution is 7.86. The van der Waals surface area contributed by atoms with Crippen molar-refractivity contribution >= 4 is 20.2 Å². The molecule has 0 aliphatic heterocycles. The molecule has 23 heavy (non-hydrogen) atoms. The highest BCUT2D eigenvalue weighted by atomic mass is 32.2. The van der Waals surface area contributed by atoms with Crippen molar-refractivity contribution in [2.75, 3.05) is 0 Å². The maximum Gasteiger partial charge on any atom is 0.408 e. The van der Waals surface area contributed by atoms with Gasteiger partial charge in [-0.25, -0.2) is 0 Å². The molecule has 0 heterocycles. The van der Waals surface area contributed by atoms with Crippen molar-refractivity contribution in [2.45, 2.75) is 43.1 Å². The predicted molar refractivity (Wildman–Crippen MR) is 65.7 cm³/mol. The molecule has 0 bridgehead atoms. The number of hydrogen-bond acceptors (Lipinski definition) is 4. The Hall–Kier alpha value is -0.600. The molecule has 0 spiro atoms. The van der Waals surface area contributed by atoms with E-state index >= 15 is 0 Å². The average Bonchev–Trinajstić information content (AvgIpc) is 2.04. The minimum atomic E-state index is -5.68. The van der Waals surface area contributed by atoms with Gasteiger partial charge in [-0.15, -0.1) is 0 Å². The molecule has 0 fully saturated rings. The first-order chi connectivity index (χ1) is 9.79. The van der Waals surface area contributed by atoms with E-state index in [1.165, 1.54) is 0 Å². The maximum absolute atomic E-state index is 12.7. The minimum absolute atomic E-state index is 0.597. The molecular formula is C9H14F6O6S2. The van der Waals surface area contributed by atoms with Gasteiger partial charge in [0.2, 0.25) is 0 Å². The van der Waals surface area contributed by atoms with Gasteiger partial charge in [0.15, 0.2) is 10.5 Å². The molecule has 0 aliphatic carbocycles. The van der Waals surface area contributed by atoms with Gasteiger partial charge in [0.1, 0.15) is 0 Å². The second-order valence-corrected chi connectivity index (χ2v) is 8.22. The highest BCUT2D eigenvalue weighted by Gasteiger charge is 2.55. The van der Waals surface area contributed by atoms with Crippen LogP contribution in [0.4, 0.5) is 26.3 Å². The van der Waals surface area contributed by atoms with Crippen LogP contribution in [0.2, 0.25) is 0 Å². The molecule has 6 nitrogen and oxygen atoms in total. The van der Waals surface area contributed by atoms with Crippen molar-refractivity contribution in [3.05, 3.63) is 0 Å². The van der Waals surface area contributed by atoms with Gasteiger partial charge in [0.25, 0.3) is 20.2 Å². The first-order valence-corrected chi connectivity index (χ1v) is 8.86. The maximum atomic E-state index is 12.7. The molecule has 0 rings (SSSR count). The minimum Gasteiger partial charge on any atom is -0.285 e. The van der Waals surface area contributed by atoms with E-state index in [0.29, 0.717) is 13.8 Å². The lowest BCUT2D eigenvalue weighted by Gasteiger charge is -2.29. The van der Waals surface area contributed by atoms with Gasteiger partial charge < -0.3 is 0 Å². The Kier molecular flexibility index (Phi) is 6.55. The van der Waals surface area contributed by atoms with Crippen molar-refractivity contribution in [2.24, 2.45) is 11.8 Å². The first kappa shape index (κ1) is 22.4. The highest BCUT2D eigenvalue weighted by Crippen LogP contribution is 2.38. The van der Waals surface area contributed by atoms with E-state index in [-0.39, 0.29) is 0 Å². The van der Waals surface area contributed by atoms with Crippen LogP contribution in [-0.2, 0) is 20.2 Å². The monoisotopic (exact) mass is 396 g/mol. The molecule has 0 aromatic heterocycles. The lowest BCUT2D eigenvalue weighted by molar-refractivity contribution is -0.147. The van der Waals surface area contributed by atoms with Gasteiger partial charge in [-0.1, -0.05) is 13.8 Å². The molecule has 0 aromatic carbocycles. The van der Waals surface area contributed by atoms with Gasteiger partial charge in [-0.2, -0.15) is 43.2 Å². The van der Waals surface area contributed by atoms with Crippen LogP contribution in [0.25, 0.3) is 0 Å². The summed E-state index contributed by atoms with van der Waals surface area (Å²) in [7, 11) is -11.4. The number of hydrogen-bond donors (Lipinski definition) is 2. The van der Waals surface area contributed by atoms with Crippen molar-refractivity contribution in [1.82, 2.24) is 0 Å². The number of alkyl halides is 6. The molecule has 4 atom stereocenters. The Balaban J connectivity index is 5.61. The molecule has 0 aliphatic rings. The summed E-state index contributed by atoms with van der Waals surface area (Å²) in [5, 5.41) is -6.76. The Bertz CT molecular complexity index is 553. The fourth-order valence-corrected chi connectivity index (χ4v) is 4.48. The molecule has 0 aromatic rings. The summed E-state index contributed by atoms with van der Waals surface area (Å²) >= 11 is 0. The van der Waals surface area contributed by atoms with Gasteiger partial charge in [0.05, 0.1) is 0 Å². The topological polar surface area (TPSA) is 109 Å². The molecule has 0 amide bonds. The second-order valence-electron chi connectivity index (χ2n) is 5.14. The van der Waals surface area contributed by atoms with Gasteiger partial charge in [-0.3, -0.25) is 9.11 Å². The summed E-state index contributed by atoms with van der Waals surface area (Å²) < 4.78 is 136. The third kappa shape index (κ3) is 6.43. The molecule has 2 N–H and O–H groups in total. The first-order valence-electron chi connectivity index (χ1n) is 5.85. The smallest absolute Gasteiger partial charge is 0.285 e. The number of halogens is 6. The fourth-order valence-electron chi connectivity index (χ4n) is 2.40. The molecule has 4 unspecified atom stereocenters. The summed E-state index contributed by atoms with van der Waals surface area (Å²) in [4.78, 5) is 0. The average molecular weight is 396 g/mol. The van der Waals surface area contributed by atoms with Gasteiger partial charge >= 0.3 is 12.4 Å². The van der Waals surface area contributed by atoms with Crippen molar-refractivity contribution in [3.8, 4) is 0 Å². The van der Waals surface area contributed by atoms with Crippen LogP contribution in [0.1, 0.15) is 20.3 Å².